The van der Waals surface area contributed by atoms with Gasteiger partial charge < -0.3 is 9.47 Å². The van der Waals surface area contributed by atoms with Gasteiger partial charge in [0.15, 0.2) is 18.4 Å². The van der Waals surface area contributed by atoms with Gasteiger partial charge in [-0.1, -0.05) is 69.3 Å². The van der Waals surface area contributed by atoms with Crippen molar-refractivity contribution in [3.05, 3.63) is 66.2 Å². The number of benzene rings is 2. The summed E-state index contributed by atoms with van der Waals surface area (Å²) in [7, 11) is 1.24. The van der Waals surface area contributed by atoms with Gasteiger partial charge in [0.2, 0.25) is 0 Å². The quantitative estimate of drug-likeness (QED) is 0.701. The van der Waals surface area contributed by atoms with E-state index in [-0.39, 0.29) is 12.4 Å². The number of esters is 1. The van der Waals surface area contributed by atoms with Crippen LogP contribution in [0, 0.1) is 5.41 Å². The fraction of sp³-hybridized carbons (Fsp3) is 0.318. The maximum absolute atomic E-state index is 13.0. The minimum Gasteiger partial charge on any atom is -0.456 e. The number of Topliss-reactive ketones (excluding diaryl/α,β-unsaturated/α-hetero) is 1. The fourth-order valence-electron chi connectivity index (χ4n) is 2.50. The van der Waals surface area contributed by atoms with Gasteiger partial charge in [-0.05, 0) is 17.7 Å². The van der Waals surface area contributed by atoms with Crippen LogP contribution in [-0.4, -0.2) is 31.6 Å². The maximum Gasteiger partial charge on any atom is 0.415 e. The van der Waals surface area contributed by atoms with Gasteiger partial charge in [-0.15, -0.1) is 0 Å². The zero-order chi connectivity index (χ0) is 20.7. The van der Waals surface area contributed by atoms with E-state index in [9.17, 15) is 14.4 Å². The molecule has 2 rings (SSSR count). The Bertz CT molecular complexity index is 812. The maximum atomic E-state index is 13.0. The van der Waals surface area contributed by atoms with E-state index in [2.05, 4.69) is 0 Å². The predicted molar refractivity (Wildman–Crippen MR) is 106 cm³/mol. The number of anilines is 1. The molecule has 148 valence electrons. The summed E-state index contributed by atoms with van der Waals surface area (Å²) in [5.41, 5.74) is 0.386. The number of ether oxygens (including phenoxy) is 2. The fourth-order valence-corrected chi connectivity index (χ4v) is 2.50. The molecular weight excluding hydrogens is 358 g/mol. The highest BCUT2D eigenvalue weighted by Gasteiger charge is 2.35. The first-order valence-corrected chi connectivity index (χ1v) is 8.93. The van der Waals surface area contributed by atoms with E-state index >= 15 is 0 Å². The standard InChI is InChI=1S/C22H25NO5/c1-22(2,3)18(24)15-28-20(25)19(16-11-7-5-8-12-16)23(21(26)27-4)17-13-9-6-10-14-17/h5-14,19H,15H2,1-4H3/t19-/m1/s1. The largest absolute Gasteiger partial charge is 0.456 e. The molecule has 0 saturated carbocycles. The van der Waals surface area contributed by atoms with Crippen LogP contribution in [0.5, 0.6) is 0 Å². The summed E-state index contributed by atoms with van der Waals surface area (Å²) in [6.45, 7) is 4.89. The number of amides is 1. The Hall–Kier alpha value is -3.15. The van der Waals surface area contributed by atoms with Gasteiger partial charge in [0, 0.05) is 11.1 Å². The lowest BCUT2D eigenvalue weighted by Crippen LogP contribution is -2.41. The lowest BCUT2D eigenvalue weighted by Gasteiger charge is -2.29. The van der Waals surface area contributed by atoms with E-state index in [1.165, 1.54) is 12.0 Å². The number of carbonyl (C=O) groups is 3. The van der Waals surface area contributed by atoms with Crippen molar-refractivity contribution in [2.75, 3.05) is 18.6 Å². The minimum atomic E-state index is -1.09. The lowest BCUT2D eigenvalue weighted by molar-refractivity contribution is -0.151. The van der Waals surface area contributed by atoms with Crippen LogP contribution < -0.4 is 4.90 Å². The third-order valence-corrected chi connectivity index (χ3v) is 4.18. The first-order valence-electron chi connectivity index (χ1n) is 8.93. The van der Waals surface area contributed by atoms with Crippen LogP contribution in [0.25, 0.3) is 0 Å². The molecule has 0 fully saturated rings. The molecule has 0 saturated heterocycles. The third kappa shape index (κ3) is 5.19. The molecule has 0 aliphatic rings. The van der Waals surface area contributed by atoms with Crippen LogP contribution in [0.15, 0.2) is 60.7 Å². The van der Waals surface area contributed by atoms with Crippen molar-refractivity contribution in [2.24, 2.45) is 5.41 Å². The second kappa shape index (κ2) is 9.17. The summed E-state index contributed by atoms with van der Waals surface area (Å²) in [6, 6.07) is 16.4. The molecule has 2 aromatic carbocycles. The Morgan fingerprint density at radius 1 is 0.929 bits per heavy atom. The molecule has 0 aliphatic carbocycles. The van der Waals surface area contributed by atoms with Crippen molar-refractivity contribution < 1.29 is 23.9 Å². The summed E-state index contributed by atoms with van der Waals surface area (Å²) in [5, 5.41) is 0. The van der Waals surface area contributed by atoms with Gasteiger partial charge in [-0.2, -0.15) is 0 Å². The average Bonchev–Trinajstić information content (AvgIpc) is 2.69. The van der Waals surface area contributed by atoms with Gasteiger partial charge >= 0.3 is 12.1 Å². The van der Waals surface area contributed by atoms with Crippen LogP contribution in [-0.2, 0) is 19.1 Å². The number of carbonyl (C=O) groups excluding carboxylic acids is 3. The van der Waals surface area contributed by atoms with Crippen LogP contribution in [0.2, 0.25) is 0 Å². The molecule has 6 nitrogen and oxygen atoms in total. The molecule has 6 heteroatoms. The number of hydrogen-bond acceptors (Lipinski definition) is 5. The Morgan fingerprint density at radius 2 is 1.46 bits per heavy atom. The van der Waals surface area contributed by atoms with Crippen LogP contribution in [0.4, 0.5) is 10.5 Å². The van der Waals surface area contributed by atoms with Gasteiger partial charge in [-0.3, -0.25) is 9.69 Å². The van der Waals surface area contributed by atoms with Gasteiger partial charge in [0.25, 0.3) is 0 Å². The van der Waals surface area contributed by atoms with Crippen molar-refractivity contribution in [1.29, 1.82) is 0 Å². The summed E-state index contributed by atoms with van der Waals surface area (Å²) < 4.78 is 10.2. The monoisotopic (exact) mass is 383 g/mol. The number of hydrogen-bond donors (Lipinski definition) is 0. The average molecular weight is 383 g/mol. The highest BCUT2D eigenvalue weighted by molar-refractivity contribution is 5.97. The van der Waals surface area contributed by atoms with Crippen LogP contribution in [0.3, 0.4) is 0 Å². The van der Waals surface area contributed by atoms with E-state index in [4.69, 9.17) is 9.47 Å². The summed E-state index contributed by atoms with van der Waals surface area (Å²) in [4.78, 5) is 38.9. The number of rotatable bonds is 6. The van der Waals surface area contributed by atoms with Crippen LogP contribution >= 0.6 is 0 Å². The van der Waals surface area contributed by atoms with Gasteiger partial charge in [-0.25, -0.2) is 9.59 Å². The number of nitrogens with zero attached hydrogens (tertiary/aromatic N) is 1. The van der Waals surface area contributed by atoms with Crippen molar-refractivity contribution >= 4 is 23.5 Å². The smallest absolute Gasteiger partial charge is 0.415 e. The lowest BCUT2D eigenvalue weighted by atomic mass is 9.91. The van der Waals surface area contributed by atoms with E-state index < -0.39 is 23.5 Å². The molecule has 0 aliphatic heterocycles. The van der Waals surface area contributed by atoms with Crippen molar-refractivity contribution in [3.63, 3.8) is 0 Å². The molecule has 0 N–H and O–H groups in total. The van der Waals surface area contributed by atoms with E-state index in [1.807, 2.05) is 0 Å². The molecule has 2 aromatic rings. The molecule has 0 bridgehead atoms. The highest BCUT2D eigenvalue weighted by atomic mass is 16.6. The third-order valence-electron chi connectivity index (χ3n) is 4.18. The first kappa shape index (κ1) is 21.2. The number of para-hydroxylation sites is 1. The van der Waals surface area contributed by atoms with E-state index in [1.54, 1.807) is 81.4 Å². The molecule has 1 amide bonds. The summed E-state index contributed by atoms with van der Waals surface area (Å²) in [6.07, 6.45) is -0.709. The molecule has 1 atom stereocenters. The Kier molecular flexibility index (Phi) is 6.93. The Labute approximate surface area is 165 Å². The first-order chi connectivity index (χ1) is 13.3. The molecule has 28 heavy (non-hydrogen) atoms. The summed E-state index contributed by atoms with van der Waals surface area (Å²) >= 11 is 0. The predicted octanol–water partition coefficient (Wildman–Crippen LogP) is 4.16. The normalized spacial score (nSPS) is 12.0. The number of ketones is 1. The molecule has 0 spiro atoms. The molecule has 0 unspecified atom stereocenters. The molecule has 0 heterocycles. The molecular formula is C22H25NO5. The van der Waals surface area contributed by atoms with Gasteiger partial charge in [0.1, 0.15) is 0 Å². The molecule has 0 aromatic heterocycles. The van der Waals surface area contributed by atoms with E-state index in [0.717, 1.165) is 0 Å². The van der Waals surface area contributed by atoms with Crippen molar-refractivity contribution in [2.45, 2.75) is 26.8 Å². The zero-order valence-corrected chi connectivity index (χ0v) is 16.5. The zero-order valence-electron chi connectivity index (χ0n) is 16.5. The second-order valence-electron chi connectivity index (χ2n) is 7.27. The van der Waals surface area contributed by atoms with E-state index in [0.29, 0.717) is 11.3 Å². The van der Waals surface area contributed by atoms with Crippen molar-refractivity contribution in [3.8, 4) is 0 Å². The second-order valence-corrected chi connectivity index (χ2v) is 7.27. The Morgan fingerprint density at radius 3 is 1.96 bits per heavy atom. The molecule has 0 radical (unpaired) electrons. The topological polar surface area (TPSA) is 72.9 Å². The van der Waals surface area contributed by atoms with Gasteiger partial charge in [0.05, 0.1) is 7.11 Å². The highest BCUT2D eigenvalue weighted by Crippen LogP contribution is 2.29. The van der Waals surface area contributed by atoms with Crippen molar-refractivity contribution in [1.82, 2.24) is 0 Å². The Balaban J connectivity index is 2.41. The summed E-state index contributed by atoms with van der Waals surface area (Å²) in [5.74, 6) is -0.921. The van der Waals surface area contributed by atoms with Crippen LogP contribution in [0.1, 0.15) is 32.4 Å². The number of methoxy groups -OCH3 is 1. The minimum absolute atomic E-state index is 0.211. The SMILES string of the molecule is COC(=O)N(c1ccccc1)[C@@H](C(=O)OCC(=O)C(C)(C)C)c1ccccc1.